The van der Waals surface area contributed by atoms with Crippen LogP contribution in [0.3, 0.4) is 0 Å². The Morgan fingerprint density at radius 2 is 1.60 bits per heavy atom. The SMILES string of the molecule is O=C(CCc1ccccc1F)N1CCN(C(=O)C2CCCCC2)CC1. The minimum absolute atomic E-state index is 0.0491. The minimum atomic E-state index is -0.252. The lowest BCUT2D eigenvalue weighted by molar-refractivity contribution is -0.142. The van der Waals surface area contributed by atoms with Gasteiger partial charge < -0.3 is 9.80 Å². The van der Waals surface area contributed by atoms with Crippen LogP contribution in [0.25, 0.3) is 0 Å². The summed E-state index contributed by atoms with van der Waals surface area (Å²) in [6, 6.07) is 6.60. The molecular weight excluding hydrogens is 319 g/mol. The van der Waals surface area contributed by atoms with Crippen molar-refractivity contribution >= 4 is 11.8 Å². The number of piperazine rings is 1. The highest BCUT2D eigenvalue weighted by Crippen LogP contribution is 2.25. The van der Waals surface area contributed by atoms with Gasteiger partial charge in [0.05, 0.1) is 0 Å². The van der Waals surface area contributed by atoms with Gasteiger partial charge in [0.15, 0.2) is 0 Å². The highest BCUT2D eigenvalue weighted by atomic mass is 19.1. The number of nitrogens with zero attached hydrogens (tertiary/aromatic N) is 2. The van der Waals surface area contributed by atoms with Crippen molar-refractivity contribution in [1.82, 2.24) is 9.80 Å². The second kappa shape index (κ2) is 8.45. The van der Waals surface area contributed by atoms with Crippen molar-refractivity contribution in [3.05, 3.63) is 35.6 Å². The van der Waals surface area contributed by atoms with Gasteiger partial charge in [0.1, 0.15) is 5.82 Å². The summed E-state index contributed by atoms with van der Waals surface area (Å²) in [7, 11) is 0. The molecule has 4 nitrogen and oxygen atoms in total. The van der Waals surface area contributed by atoms with Gasteiger partial charge in [-0.3, -0.25) is 9.59 Å². The molecule has 0 N–H and O–H groups in total. The van der Waals surface area contributed by atoms with E-state index in [0.717, 1.165) is 25.7 Å². The normalized spacial score (nSPS) is 19.1. The molecule has 0 atom stereocenters. The Labute approximate surface area is 149 Å². The first-order valence-corrected chi connectivity index (χ1v) is 9.45. The highest BCUT2D eigenvalue weighted by molar-refractivity contribution is 5.80. The van der Waals surface area contributed by atoms with Gasteiger partial charge in [-0.15, -0.1) is 0 Å². The maximum Gasteiger partial charge on any atom is 0.225 e. The lowest BCUT2D eigenvalue weighted by atomic mass is 9.88. The van der Waals surface area contributed by atoms with E-state index in [1.54, 1.807) is 18.2 Å². The number of aryl methyl sites for hydroxylation is 1. The van der Waals surface area contributed by atoms with Crippen molar-refractivity contribution in [1.29, 1.82) is 0 Å². The van der Waals surface area contributed by atoms with Crippen molar-refractivity contribution in [2.24, 2.45) is 5.92 Å². The maximum atomic E-state index is 13.6. The number of benzene rings is 1. The molecule has 1 saturated heterocycles. The van der Waals surface area contributed by atoms with Gasteiger partial charge in [-0.25, -0.2) is 4.39 Å². The van der Waals surface area contributed by atoms with Gasteiger partial charge in [-0.2, -0.15) is 0 Å². The van der Waals surface area contributed by atoms with Gasteiger partial charge in [0, 0.05) is 38.5 Å². The van der Waals surface area contributed by atoms with Crippen LogP contribution in [0.2, 0.25) is 0 Å². The Morgan fingerprint density at radius 1 is 0.960 bits per heavy atom. The first-order chi connectivity index (χ1) is 12.1. The molecular formula is C20H27FN2O2. The van der Waals surface area contributed by atoms with E-state index < -0.39 is 0 Å². The topological polar surface area (TPSA) is 40.6 Å². The van der Waals surface area contributed by atoms with Crippen molar-refractivity contribution in [2.45, 2.75) is 44.9 Å². The molecule has 2 aliphatic rings. The third-order valence-corrected chi connectivity index (χ3v) is 5.46. The van der Waals surface area contributed by atoms with E-state index in [0.29, 0.717) is 44.6 Å². The largest absolute Gasteiger partial charge is 0.339 e. The van der Waals surface area contributed by atoms with Crippen LogP contribution in [0.1, 0.15) is 44.1 Å². The van der Waals surface area contributed by atoms with Gasteiger partial charge >= 0.3 is 0 Å². The molecule has 0 spiro atoms. The standard InChI is InChI=1S/C20H27FN2O2/c21-18-9-5-4-6-16(18)10-11-19(24)22-12-14-23(15-13-22)20(25)17-7-2-1-3-8-17/h4-6,9,17H,1-3,7-8,10-15H2. The molecule has 1 heterocycles. The fourth-order valence-corrected chi connectivity index (χ4v) is 3.88. The predicted octanol–water partition coefficient (Wildman–Crippen LogP) is 3.01. The number of carbonyl (C=O) groups is 2. The molecule has 1 aliphatic carbocycles. The van der Waals surface area contributed by atoms with Crippen LogP contribution in [-0.4, -0.2) is 47.8 Å². The Hall–Kier alpha value is -1.91. The fraction of sp³-hybridized carbons (Fsp3) is 0.600. The molecule has 0 bridgehead atoms. The number of rotatable bonds is 4. The molecule has 136 valence electrons. The molecule has 1 aromatic carbocycles. The van der Waals surface area contributed by atoms with Crippen molar-refractivity contribution in [3.8, 4) is 0 Å². The summed E-state index contributed by atoms with van der Waals surface area (Å²) in [5.74, 6) is 0.265. The number of amides is 2. The number of carbonyl (C=O) groups excluding carboxylic acids is 2. The van der Waals surface area contributed by atoms with Crippen molar-refractivity contribution in [3.63, 3.8) is 0 Å². The molecule has 1 saturated carbocycles. The number of hydrogen-bond acceptors (Lipinski definition) is 2. The quantitative estimate of drug-likeness (QED) is 0.841. The van der Waals surface area contributed by atoms with E-state index in [1.807, 2.05) is 9.80 Å². The van der Waals surface area contributed by atoms with E-state index >= 15 is 0 Å². The van der Waals surface area contributed by atoms with Gasteiger partial charge in [0.2, 0.25) is 11.8 Å². The van der Waals surface area contributed by atoms with Gasteiger partial charge in [-0.1, -0.05) is 37.5 Å². The first-order valence-electron chi connectivity index (χ1n) is 9.45. The smallest absolute Gasteiger partial charge is 0.225 e. The summed E-state index contributed by atoms with van der Waals surface area (Å²) < 4.78 is 13.6. The fourth-order valence-electron chi connectivity index (χ4n) is 3.88. The molecule has 2 amide bonds. The van der Waals surface area contributed by atoms with Crippen LogP contribution in [-0.2, 0) is 16.0 Å². The molecule has 0 unspecified atom stereocenters. The highest BCUT2D eigenvalue weighted by Gasteiger charge is 2.29. The molecule has 0 radical (unpaired) electrons. The summed E-state index contributed by atoms with van der Waals surface area (Å²) in [6.07, 6.45) is 6.33. The molecule has 25 heavy (non-hydrogen) atoms. The Balaban J connectivity index is 1.44. The lowest BCUT2D eigenvalue weighted by Crippen LogP contribution is -2.52. The monoisotopic (exact) mass is 346 g/mol. The molecule has 2 fully saturated rings. The molecule has 0 aromatic heterocycles. The van der Waals surface area contributed by atoms with E-state index in [2.05, 4.69) is 0 Å². The zero-order chi connectivity index (χ0) is 17.6. The number of halogens is 1. The number of hydrogen-bond donors (Lipinski definition) is 0. The van der Waals surface area contributed by atoms with E-state index in [-0.39, 0.29) is 23.5 Å². The van der Waals surface area contributed by atoms with E-state index in [4.69, 9.17) is 0 Å². The van der Waals surface area contributed by atoms with Crippen molar-refractivity contribution in [2.75, 3.05) is 26.2 Å². The summed E-state index contributed by atoms with van der Waals surface area (Å²) in [4.78, 5) is 28.7. The van der Waals surface area contributed by atoms with Crippen molar-refractivity contribution < 1.29 is 14.0 Å². The molecule has 1 aromatic rings. The maximum absolute atomic E-state index is 13.6. The zero-order valence-corrected chi connectivity index (χ0v) is 14.8. The Kier molecular flexibility index (Phi) is 6.05. The van der Waals surface area contributed by atoms with E-state index in [1.165, 1.54) is 12.5 Å². The summed E-state index contributed by atoms with van der Waals surface area (Å²) in [5.41, 5.74) is 0.585. The summed E-state index contributed by atoms with van der Waals surface area (Å²) >= 11 is 0. The summed E-state index contributed by atoms with van der Waals surface area (Å²) in [5, 5.41) is 0. The predicted molar refractivity (Wildman–Crippen MR) is 94.5 cm³/mol. The van der Waals surface area contributed by atoms with Crippen LogP contribution < -0.4 is 0 Å². The van der Waals surface area contributed by atoms with Gasteiger partial charge in [0.25, 0.3) is 0 Å². The van der Waals surface area contributed by atoms with Crippen LogP contribution >= 0.6 is 0 Å². The second-order valence-corrected chi connectivity index (χ2v) is 7.13. The Morgan fingerprint density at radius 3 is 2.28 bits per heavy atom. The average molecular weight is 346 g/mol. The average Bonchev–Trinajstić information content (AvgIpc) is 2.67. The van der Waals surface area contributed by atoms with Gasteiger partial charge in [-0.05, 0) is 30.9 Å². The zero-order valence-electron chi connectivity index (χ0n) is 14.8. The van der Waals surface area contributed by atoms with Crippen LogP contribution in [0.15, 0.2) is 24.3 Å². The molecule has 1 aliphatic heterocycles. The van der Waals surface area contributed by atoms with Crippen LogP contribution in [0.4, 0.5) is 4.39 Å². The third-order valence-electron chi connectivity index (χ3n) is 5.46. The van der Waals surface area contributed by atoms with E-state index in [9.17, 15) is 14.0 Å². The second-order valence-electron chi connectivity index (χ2n) is 7.13. The molecule has 5 heteroatoms. The third kappa shape index (κ3) is 4.59. The Bertz CT molecular complexity index is 605. The lowest BCUT2D eigenvalue weighted by Gasteiger charge is -2.37. The summed E-state index contributed by atoms with van der Waals surface area (Å²) in [6.45, 7) is 2.44. The molecule has 3 rings (SSSR count). The minimum Gasteiger partial charge on any atom is -0.339 e. The van der Waals surface area contributed by atoms with Crippen LogP contribution in [0.5, 0.6) is 0 Å². The van der Waals surface area contributed by atoms with Crippen LogP contribution in [0, 0.1) is 11.7 Å². The first kappa shape index (κ1) is 17.9.